The van der Waals surface area contributed by atoms with Gasteiger partial charge in [-0.1, -0.05) is 11.3 Å². The second kappa shape index (κ2) is 6.00. The maximum absolute atomic E-state index is 12.0. The Morgan fingerprint density at radius 2 is 2.26 bits per heavy atom. The largest absolute Gasteiger partial charge is 0.497 e. The first-order valence-electron chi connectivity index (χ1n) is 8.23. The molecule has 1 saturated heterocycles. The van der Waals surface area contributed by atoms with Crippen LogP contribution in [0.15, 0.2) is 18.2 Å². The number of fused-ring (bicyclic) bond motifs is 1. The second-order valence-corrected chi connectivity index (χ2v) is 7.41. The van der Waals surface area contributed by atoms with Crippen molar-refractivity contribution in [2.75, 3.05) is 25.1 Å². The second-order valence-electron chi connectivity index (χ2n) is 6.40. The smallest absolute Gasteiger partial charge is 0.223 e. The monoisotopic (exact) mass is 331 g/mol. The van der Waals surface area contributed by atoms with E-state index < -0.39 is 0 Å². The zero-order valence-corrected chi connectivity index (χ0v) is 14.1. The number of hydrogen-bond acceptors (Lipinski definition) is 5. The van der Waals surface area contributed by atoms with Crippen molar-refractivity contribution in [3.8, 4) is 5.75 Å². The number of nitrogens with zero attached hydrogens (tertiary/aromatic N) is 2. The summed E-state index contributed by atoms with van der Waals surface area (Å²) in [5.41, 5.74) is 1.01. The molecule has 1 aromatic carbocycles. The minimum Gasteiger partial charge on any atom is -0.497 e. The maximum atomic E-state index is 12.0. The van der Waals surface area contributed by atoms with E-state index in [0.717, 1.165) is 59.9 Å². The van der Waals surface area contributed by atoms with Crippen LogP contribution in [0.5, 0.6) is 5.75 Å². The van der Waals surface area contributed by atoms with Crippen molar-refractivity contribution in [1.82, 2.24) is 10.3 Å². The zero-order chi connectivity index (χ0) is 15.8. The van der Waals surface area contributed by atoms with Gasteiger partial charge in [-0.2, -0.15) is 0 Å². The van der Waals surface area contributed by atoms with Crippen LogP contribution in [0.3, 0.4) is 0 Å². The van der Waals surface area contributed by atoms with Gasteiger partial charge in [0, 0.05) is 25.0 Å². The van der Waals surface area contributed by atoms with E-state index in [1.807, 2.05) is 18.2 Å². The molecule has 4 rings (SSSR count). The summed E-state index contributed by atoms with van der Waals surface area (Å²) in [5, 5.41) is 4.25. The van der Waals surface area contributed by atoms with E-state index in [2.05, 4.69) is 10.2 Å². The van der Waals surface area contributed by atoms with Gasteiger partial charge in [-0.3, -0.25) is 4.79 Å². The molecule has 0 spiro atoms. The number of nitrogens with one attached hydrogen (secondary N) is 1. The molecule has 5 nitrogen and oxygen atoms in total. The molecular formula is C17H21N3O2S. The van der Waals surface area contributed by atoms with Crippen molar-refractivity contribution in [3.05, 3.63) is 18.2 Å². The topological polar surface area (TPSA) is 54.5 Å². The highest BCUT2D eigenvalue weighted by atomic mass is 32.1. The first-order valence-corrected chi connectivity index (χ1v) is 9.04. The average Bonchev–Trinajstić information content (AvgIpc) is 3.34. The van der Waals surface area contributed by atoms with Gasteiger partial charge in [-0.05, 0) is 43.9 Å². The Hall–Kier alpha value is -1.82. The molecule has 1 aliphatic heterocycles. The summed E-state index contributed by atoms with van der Waals surface area (Å²) >= 11 is 1.70. The first kappa shape index (κ1) is 14.8. The number of thiazole rings is 1. The third-order valence-corrected chi connectivity index (χ3v) is 5.65. The summed E-state index contributed by atoms with van der Waals surface area (Å²) < 4.78 is 6.43. The van der Waals surface area contributed by atoms with Gasteiger partial charge in [0.1, 0.15) is 5.75 Å². The van der Waals surface area contributed by atoms with Crippen LogP contribution in [-0.4, -0.2) is 37.1 Å². The Kier molecular flexibility index (Phi) is 3.85. The highest BCUT2D eigenvalue weighted by Gasteiger charge is 2.32. The Bertz CT molecular complexity index is 726. The molecule has 1 N–H and O–H groups in total. The van der Waals surface area contributed by atoms with Crippen molar-refractivity contribution < 1.29 is 9.53 Å². The fourth-order valence-corrected chi connectivity index (χ4v) is 4.12. The summed E-state index contributed by atoms with van der Waals surface area (Å²) in [4.78, 5) is 19.0. The fourth-order valence-electron chi connectivity index (χ4n) is 3.09. The van der Waals surface area contributed by atoms with Crippen molar-refractivity contribution in [2.24, 2.45) is 5.92 Å². The number of rotatable bonds is 4. The van der Waals surface area contributed by atoms with Crippen molar-refractivity contribution in [3.63, 3.8) is 0 Å². The van der Waals surface area contributed by atoms with Gasteiger partial charge in [0.25, 0.3) is 0 Å². The number of aromatic nitrogens is 1. The molecule has 2 heterocycles. The lowest BCUT2D eigenvalue weighted by Crippen LogP contribution is -2.48. The molecule has 1 aromatic heterocycles. The Morgan fingerprint density at radius 3 is 3.04 bits per heavy atom. The van der Waals surface area contributed by atoms with Crippen LogP contribution in [0.1, 0.15) is 25.7 Å². The first-order chi connectivity index (χ1) is 11.2. The van der Waals surface area contributed by atoms with E-state index in [9.17, 15) is 4.79 Å². The van der Waals surface area contributed by atoms with Crippen LogP contribution in [0.4, 0.5) is 5.13 Å². The fraction of sp³-hybridized carbons (Fsp3) is 0.529. The number of hydrogen-bond donors (Lipinski definition) is 1. The third kappa shape index (κ3) is 3.13. The third-order valence-electron chi connectivity index (χ3n) is 4.57. The SMILES string of the molecule is COc1ccc2nc(N3CCCC(NC(=O)C4CC4)C3)sc2c1. The van der Waals surface area contributed by atoms with Gasteiger partial charge < -0.3 is 15.0 Å². The number of carbonyl (C=O) groups is 1. The van der Waals surface area contributed by atoms with Crippen LogP contribution in [0.25, 0.3) is 10.2 Å². The summed E-state index contributed by atoms with van der Waals surface area (Å²) in [6.07, 6.45) is 4.27. The Balaban J connectivity index is 1.49. The molecule has 2 fully saturated rings. The highest BCUT2D eigenvalue weighted by Crippen LogP contribution is 2.33. The molecule has 2 aromatic rings. The summed E-state index contributed by atoms with van der Waals surface area (Å²) in [5.74, 6) is 1.38. The molecule has 2 aliphatic rings. The van der Waals surface area contributed by atoms with E-state index >= 15 is 0 Å². The zero-order valence-electron chi connectivity index (χ0n) is 13.2. The number of benzene rings is 1. The Morgan fingerprint density at radius 1 is 1.39 bits per heavy atom. The van der Waals surface area contributed by atoms with E-state index in [0.29, 0.717) is 0 Å². The summed E-state index contributed by atoms with van der Waals surface area (Å²) in [6, 6.07) is 6.23. The minimum atomic E-state index is 0.242. The molecule has 0 bridgehead atoms. The van der Waals surface area contributed by atoms with E-state index in [-0.39, 0.29) is 17.9 Å². The van der Waals surface area contributed by atoms with E-state index in [1.54, 1.807) is 18.4 Å². The lowest BCUT2D eigenvalue weighted by atomic mass is 10.1. The molecule has 0 radical (unpaired) electrons. The number of amides is 1. The molecule has 6 heteroatoms. The summed E-state index contributed by atoms with van der Waals surface area (Å²) in [7, 11) is 1.68. The lowest BCUT2D eigenvalue weighted by Gasteiger charge is -2.33. The van der Waals surface area contributed by atoms with Crippen LogP contribution in [0.2, 0.25) is 0 Å². The number of anilines is 1. The van der Waals surface area contributed by atoms with Gasteiger partial charge in [-0.25, -0.2) is 4.98 Å². The molecule has 1 unspecified atom stereocenters. The highest BCUT2D eigenvalue weighted by molar-refractivity contribution is 7.22. The maximum Gasteiger partial charge on any atom is 0.223 e. The molecular weight excluding hydrogens is 310 g/mol. The molecule has 1 saturated carbocycles. The predicted octanol–water partition coefficient (Wildman–Crippen LogP) is 2.80. The van der Waals surface area contributed by atoms with Crippen molar-refractivity contribution >= 4 is 32.6 Å². The molecule has 122 valence electrons. The number of piperidine rings is 1. The normalized spacial score (nSPS) is 21.4. The van der Waals surface area contributed by atoms with Gasteiger partial charge in [0.05, 0.1) is 17.3 Å². The van der Waals surface area contributed by atoms with Gasteiger partial charge >= 0.3 is 0 Å². The van der Waals surface area contributed by atoms with Crippen molar-refractivity contribution in [2.45, 2.75) is 31.7 Å². The predicted molar refractivity (Wildman–Crippen MR) is 92.3 cm³/mol. The average molecular weight is 331 g/mol. The standard InChI is InChI=1S/C17H21N3O2S/c1-22-13-6-7-14-15(9-13)23-17(19-14)20-8-2-3-12(10-20)18-16(21)11-4-5-11/h6-7,9,11-12H,2-5,8,10H2,1H3,(H,18,21). The van der Waals surface area contributed by atoms with Crippen molar-refractivity contribution in [1.29, 1.82) is 0 Å². The number of ether oxygens (including phenoxy) is 1. The van der Waals surface area contributed by atoms with Gasteiger partial charge in [0.15, 0.2) is 5.13 Å². The number of methoxy groups -OCH3 is 1. The van der Waals surface area contributed by atoms with Crippen LogP contribution >= 0.6 is 11.3 Å². The van der Waals surface area contributed by atoms with Gasteiger partial charge in [0.2, 0.25) is 5.91 Å². The Labute approximate surface area is 139 Å². The summed E-state index contributed by atoms with van der Waals surface area (Å²) in [6.45, 7) is 1.86. The van der Waals surface area contributed by atoms with E-state index in [4.69, 9.17) is 9.72 Å². The van der Waals surface area contributed by atoms with Crippen LogP contribution in [0, 0.1) is 5.92 Å². The number of carbonyl (C=O) groups excluding carboxylic acids is 1. The van der Waals surface area contributed by atoms with Crippen LogP contribution < -0.4 is 15.0 Å². The quantitative estimate of drug-likeness (QED) is 0.936. The minimum absolute atomic E-state index is 0.242. The van der Waals surface area contributed by atoms with Crippen LogP contribution in [-0.2, 0) is 4.79 Å². The molecule has 23 heavy (non-hydrogen) atoms. The molecule has 1 atom stereocenters. The lowest BCUT2D eigenvalue weighted by molar-refractivity contribution is -0.123. The molecule has 1 amide bonds. The molecule has 1 aliphatic carbocycles. The van der Waals surface area contributed by atoms with E-state index in [1.165, 1.54) is 0 Å². The van der Waals surface area contributed by atoms with Gasteiger partial charge in [-0.15, -0.1) is 0 Å².